The van der Waals surface area contributed by atoms with Crippen molar-refractivity contribution in [3.05, 3.63) is 57.5 Å². The highest BCUT2D eigenvalue weighted by Gasteiger charge is 2.14. The van der Waals surface area contributed by atoms with Crippen LogP contribution >= 0.6 is 11.3 Å². The summed E-state index contributed by atoms with van der Waals surface area (Å²) in [6.07, 6.45) is 0. The molecule has 0 fully saturated rings. The second-order valence-corrected chi connectivity index (χ2v) is 4.50. The van der Waals surface area contributed by atoms with E-state index in [0.29, 0.717) is 5.56 Å². The zero-order chi connectivity index (χ0) is 10.8. The molecule has 1 aromatic heterocycles. The number of aryl methyl sites for hydroxylation is 1. The summed E-state index contributed by atoms with van der Waals surface area (Å²) in [6.45, 7) is 1.93. The monoisotopic (exact) mass is 221 g/mol. The van der Waals surface area contributed by atoms with Crippen molar-refractivity contribution in [1.29, 1.82) is 0 Å². The average molecular weight is 221 g/mol. The first-order valence-electron chi connectivity index (χ1n) is 4.73. The molecule has 0 saturated carbocycles. The van der Waals surface area contributed by atoms with E-state index in [1.807, 2.05) is 24.4 Å². The number of thiophene rings is 1. The smallest absolute Gasteiger partial charge is 0.128 e. The Morgan fingerprint density at radius 1 is 1.33 bits per heavy atom. The van der Waals surface area contributed by atoms with Crippen LogP contribution in [-0.2, 0) is 0 Å². The van der Waals surface area contributed by atoms with Crippen molar-refractivity contribution in [2.24, 2.45) is 5.73 Å². The van der Waals surface area contributed by atoms with Crippen molar-refractivity contribution in [1.82, 2.24) is 0 Å². The largest absolute Gasteiger partial charge is 0.320 e. The van der Waals surface area contributed by atoms with E-state index in [0.717, 1.165) is 10.4 Å². The third-order valence-electron chi connectivity index (χ3n) is 2.34. The minimum absolute atomic E-state index is 0.235. The van der Waals surface area contributed by atoms with E-state index >= 15 is 0 Å². The van der Waals surface area contributed by atoms with Crippen LogP contribution in [0.2, 0.25) is 0 Å². The van der Waals surface area contributed by atoms with Crippen LogP contribution < -0.4 is 5.73 Å². The predicted octanol–water partition coefficient (Wildman–Crippen LogP) is 3.24. The summed E-state index contributed by atoms with van der Waals surface area (Å²) >= 11 is 1.55. The lowest BCUT2D eigenvalue weighted by Gasteiger charge is -2.11. The van der Waals surface area contributed by atoms with Crippen LogP contribution in [0.4, 0.5) is 4.39 Å². The molecule has 2 aromatic rings. The van der Waals surface area contributed by atoms with E-state index in [9.17, 15) is 4.39 Å². The topological polar surface area (TPSA) is 26.0 Å². The molecule has 3 heteroatoms. The Kier molecular flexibility index (Phi) is 2.84. The Morgan fingerprint density at radius 2 is 2.13 bits per heavy atom. The van der Waals surface area contributed by atoms with Gasteiger partial charge in [-0.05, 0) is 24.4 Å². The number of halogens is 1. The lowest BCUT2D eigenvalue weighted by atomic mass is 10.0. The molecule has 15 heavy (non-hydrogen) atoms. The fourth-order valence-electron chi connectivity index (χ4n) is 1.52. The summed E-state index contributed by atoms with van der Waals surface area (Å²) in [4.78, 5) is 0.986. The highest BCUT2D eigenvalue weighted by atomic mass is 32.1. The van der Waals surface area contributed by atoms with Gasteiger partial charge in [-0.2, -0.15) is 0 Å². The van der Waals surface area contributed by atoms with Crippen LogP contribution in [0.5, 0.6) is 0 Å². The van der Waals surface area contributed by atoms with Gasteiger partial charge < -0.3 is 5.73 Å². The molecule has 0 saturated heterocycles. The van der Waals surface area contributed by atoms with Gasteiger partial charge in [-0.25, -0.2) is 4.39 Å². The second kappa shape index (κ2) is 4.13. The molecule has 78 valence electrons. The molecule has 0 amide bonds. The summed E-state index contributed by atoms with van der Waals surface area (Å²) in [5, 5.41) is 1.95. The van der Waals surface area contributed by atoms with E-state index in [1.54, 1.807) is 23.5 Å². The molecule has 0 radical (unpaired) electrons. The number of benzene rings is 1. The first kappa shape index (κ1) is 10.3. The maximum atomic E-state index is 13.5. The third-order valence-corrected chi connectivity index (χ3v) is 3.29. The molecule has 0 spiro atoms. The molecule has 0 aliphatic rings. The fourth-order valence-corrected chi connectivity index (χ4v) is 2.27. The Bertz CT molecular complexity index is 451. The maximum Gasteiger partial charge on any atom is 0.128 e. The van der Waals surface area contributed by atoms with E-state index in [-0.39, 0.29) is 11.9 Å². The van der Waals surface area contributed by atoms with Crippen LogP contribution in [-0.4, -0.2) is 0 Å². The SMILES string of the molecule is Cc1ccc(F)c(C(N)c2cccs2)c1. The summed E-state index contributed by atoms with van der Waals surface area (Å²) in [7, 11) is 0. The predicted molar refractivity (Wildman–Crippen MR) is 61.5 cm³/mol. The Labute approximate surface area is 92.4 Å². The standard InChI is InChI=1S/C12H12FNS/c1-8-4-5-10(13)9(7-8)12(14)11-3-2-6-15-11/h2-7,12H,14H2,1H3. The van der Waals surface area contributed by atoms with Gasteiger partial charge in [0.2, 0.25) is 0 Å². The fraction of sp³-hybridized carbons (Fsp3) is 0.167. The van der Waals surface area contributed by atoms with Crippen LogP contribution in [0.25, 0.3) is 0 Å². The molecule has 1 heterocycles. The van der Waals surface area contributed by atoms with Gasteiger partial charge >= 0.3 is 0 Å². The quantitative estimate of drug-likeness (QED) is 0.827. The minimum atomic E-state index is -0.357. The molecule has 1 aromatic carbocycles. The number of rotatable bonds is 2. The van der Waals surface area contributed by atoms with Gasteiger partial charge in [-0.3, -0.25) is 0 Å². The van der Waals surface area contributed by atoms with E-state index in [2.05, 4.69) is 0 Å². The van der Waals surface area contributed by atoms with Gasteiger partial charge in [0.15, 0.2) is 0 Å². The molecule has 0 aliphatic heterocycles. The van der Waals surface area contributed by atoms with Crippen LogP contribution in [0, 0.1) is 12.7 Å². The highest BCUT2D eigenvalue weighted by molar-refractivity contribution is 7.10. The van der Waals surface area contributed by atoms with Gasteiger partial charge in [0.1, 0.15) is 5.82 Å². The number of nitrogens with two attached hydrogens (primary N) is 1. The zero-order valence-corrected chi connectivity index (χ0v) is 9.22. The normalized spacial score (nSPS) is 12.7. The summed E-state index contributed by atoms with van der Waals surface area (Å²) in [5.41, 5.74) is 7.59. The van der Waals surface area contributed by atoms with E-state index in [1.165, 1.54) is 6.07 Å². The Balaban J connectivity index is 2.41. The molecule has 2 N–H and O–H groups in total. The highest BCUT2D eigenvalue weighted by Crippen LogP contribution is 2.26. The molecule has 1 unspecified atom stereocenters. The summed E-state index contributed by atoms with van der Waals surface area (Å²) < 4.78 is 13.5. The molecule has 1 atom stereocenters. The second-order valence-electron chi connectivity index (χ2n) is 3.52. The van der Waals surface area contributed by atoms with E-state index in [4.69, 9.17) is 5.73 Å². The lowest BCUT2D eigenvalue weighted by molar-refractivity contribution is 0.600. The summed E-state index contributed by atoms with van der Waals surface area (Å²) in [6, 6.07) is 8.52. The molecule has 0 bridgehead atoms. The van der Waals surface area contributed by atoms with Crippen LogP contribution in [0.3, 0.4) is 0 Å². The lowest BCUT2D eigenvalue weighted by Crippen LogP contribution is -2.12. The molecule has 0 aliphatic carbocycles. The van der Waals surface area contributed by atoms with Crippen molar-refractivity contribution in [3.63, 3.8) is 0 Å². The Morgan fingerprint density at radius 3 is 2.80 bits per heavy atom. The number of hydrogen-bond donors (Lipinski definition) is 1. The minimum Gasteiger partial charge on any atom is -0.320 e. The summed E-state index contributed by atoms with van der Waals surface area (Å²) in [5.74, 6) is -0.235. The maximum absolute atomic E-state index is 13.5. The molecular weight excluding hydrogens is 209 g/mol. The Hall–Kier alpha value is -1.19. The number of hydrogen-bond acceptors (Lipinski definition) is 2. The van der Waals surface area contributed by atoms with Gasteiger partial charge in [-0.1, -0.05) is 23.8 Å². The van der Waals surface area contributed by atoms with Crippen molar-refractivity contribution in [2.75, 3.05) is 0 Å². The molecular formula is C12H12FNS. The van der Waals surface area contributed by atoms with Crippen molar-refractivity contribution in [2.45, 2.75) is 13.0 Å². The van der Waals surface area contributed by atoms with Crippen LogP contribution in [0.1, 0.15) is 22.0 Å². The van der Waals surface area contributed by atoms with Gasteiger partial charge in [-0.15, -0.1) is 11.3 Å². The third kappa shape index (κ3) is 2.08. The molecule has 1 nitrogen and oxygen atoms in total. The van der Waals surface area contributed by atoms with Crippen molar-refractivity contribution < 1.29 is 4.39 Å². The van der Waals surface area contributed by atoms with Crippen LogP contribution in [0.15, 0.2) is 35.7 Å². The van der Waals surface area contributed by atoms with Crippen molar-refractivity contribution >= 4 is 11.3 Å². The first-order chi connectivity index (χ1) is 7.18. The van der Waals surface area contributed by atoms with Gasteiger partial charge in [0.05, 0.1) is 6.04 Å². The van der Waals surface area contributed by atoms with Gasteiger partial charge in [0.25, 0.3) is 0 Å². The molecule has 2 rings (SSSR count). The van der Waals surface area contributed by atoms with Gasteiger partial charge in [0, 0.05) is 10.4 Å². The first-order valence-corrected chi connectivity index (χ1v) is 5.61. The van der Waals surface area contributed by atoms with Crippen molar-refractivity contribution in [3.8, 4) is 0 Å². The average Bonchev–Trinajstić information content (AvgIpc) is 2.74. The van der Waals surface area contributed by atoms with E-state index < -0.39 is 0 Å². The zero-order valence-electron chi connectivity index (χ0n) is 8.41.